The third-order valence-electron chi connectivity index (χ3n) is 5.96. The molecular weight excluding hydrogens is 404 g/mol. The minimum Gasteiger partial charge on any atom is -0.368 e. The third-order valence-corrected chi connectivity index (χ3v) is 5.96. The van der Waals surface area contributed by atoms with Crippen molar-refractivity contribution < 1.29 is 4.79 Å². The first-order valence-corrected chi connectivity index (χ1v) is 10.7. The van der Waals surface area contributed by atoms with E-state index in [4.69, 9.17) is 0 Å². The summed E-state index contributed by atoms with van der Waals surface area (Å²) in [6.07, 6.45) is 1.69. The lowest BCUT2D eigenvalue weighted by molar-refractivity contribution is 0.0742. The highest BCUT2D eigenvalue weighted by Gasteiger charge is 2.27. The first-order chi connectivity index (χ1) is 15.5. The molecule has 2 aromatic carbocycles. The molecule has 0 unspecified atom stereocenters. The van der Waals surface area contributed by atoms with Crippen LogP contribution in [-0.2, 0) is 0 Å². The third kappa shape index (κ3) is 3.53. The molecule has 0 aliphatic carbocycles. The first-order valence-electron chi connectivity index (χ1n) is 10.7. The van der Waals surface area contributed by atoms with Gasteiger partial charge in [-0.1, -0.05) is 53.2 Å². The van der Waals surface area contributed by atoms with Crippen molar-refractivity contribution in [1.29, 1.82) is 0 Å². The van der Waals surface area contributed by atoms with E-state index < -0.39 is 0 Å². The maximum atomic E-state index is 13.2. The zero-order valence-corrected chi connectivity index (χ0v) is 18.1. The van der Waals surface area contributed by atoms with E-state index in [2.05, 4.69) is 52.2 Å². The van der Waals surface area contributed by atoms with Gasteiger partial charge in [0.05, 0.1) is 11.9 Å². The van der Waals surface area contributed by atoms with Crippen LogP contribution in [-0.4, -0.2) is 56.8 Å². The van der Waals surface area contributed by atoms with Gasteiger partial charge in [-0.3, -0.25) is 9.59 Å². The molecule has 32 heavy (non-hydrogen) atoms. The van der Waals surface area contributed by atoms with E-state index in [0.717, 1.165) is 18.7 Å². The highest BCUT2D eigenvalue weighted by atomic mass is 16.2. The summed E-state index contributed by atoms with van der Waals surface area (Å²) < 4.78 is 1.39. The molecule has 5 rings (SSSR count). The van der Waals surface area contributed by atoms with Gasteiger partial charge in [0.15, 0.2) is 11.2 Å². The number of anilines is 1. The molecule has 0 spiro atoms. The van der Waals surface area contributed by atoms with Crippen molar-refractivity contribution in [2.24, 2.45) is 0 Å². The SMILES string of the molecule is Cc1ccc(N2CCN(C(=O)c3nnn4cc(-c5ccccc5)[nH]c(=O)c34)CC2)c(C)c1. The van der Waals surface area contributed by atoms with Crippen LogP contribution < -0.4 is 10.5 Å². The Bertz CT molecular complexity index is 1350. The number of benzene rings is 2. The number of aryl methyl sites for hydroxylation is 2. The predicted molar refractivity (Wildman–Crippen MR) is 123 cm³/mol. The summed E-state index contributed by atoms with van der Waals surface area (Å²) in [5, 5.41) is 8.11. The second-order valence-electron chi connectivity index (χ2n) is 8.16. The smallest absolute Gasteiger partial charge is 0.277 e. The van der Waals surface area contributed by atoms with Gasteiger partial charge in [0.1, 0.15) is 0 Å². The maximum Gasteiger partial charge on any atom is 0.277 e. The summed E-state index contributed by atoms with van der Waals surface area (Å²) in [6, 6.07) is 15.9. The van der Waals surface area contributed by atoms with Gasteiger partial charge < -0.3 is 14.8 Å². The first kappa shape index (κ1) is 20.0. The fourth-order valence-electron chi connectivity index (χ4n) is 4.30. The summed E-state index contributed by atoms with van der Waals surface area (Å²) >= 11 is 0. The van der Waals surface area contributed by atoms with E-state index in [1.165, 1.54) is 21.3 Å². The molecule has 3 heterocycles. The number of amides is 1. The molecule has 0 saturated carbocycles. The molecule has 8 heteroatoms. The molecule has 0 atom stereocenters. The Hall–Kier alpha value is -3.94. The van der Waals surface area contributed by atoms with Crippen molar-refractivity contribution in [3.05, 3.63) is 81.9 Å². The Kier molecular flexibility index (Phi) is 4.97. The van der Waals surface area contributed by atoms with Crippen molar-refractivity contribution in [2.75, 3.05) is 31.1 Å². The van der Waals surface area contributed by atoms with Gasteiger partial charge >= 0.3 is 0 Å². The van der Waals surface area contributed by atoms with Crippen LogP contribution in [0.4, 0.5) is 5.69 Å². The Morgan fingerprint density at radius 1 is 1.00 bits per heavy atom. The minimum atomic E-state index is -0.381. The number of H-pyrrole nitrogens is 1. The number of rotatable bonds is 3. The standard InChI is InChI=1S/C24H24N6O2/c1-16-8-9-20(17(2)14-16)28-10-12-29(13-11-28)24(32)21-22-23(31)25-19(15-30(22)27-26-21)18-6-4-3-5-7-18/h3-9,14-15H,10-13H2,1-2H3,(H,25,31). The van der Waals surface area contributed by atoms with E-state index >= 15 is 0 Å². The second-order valence-corrected chi connectivity index (χ2v) is 8.16. The van der Waals surface area contributed by atoms with E-state index in [1.54, 1.807) is 11.1 Å². The topological polar surface area (TPSA) is 86.6 Å². The Labute approximate surface area is 185 Å². The average Bonchev–Trinajstić information content (AvgIpc) is 3.24. The monoisotopic (exact) mass is 428 g/mol. The molecule has 2 aromatic heterocycles. The molecule has 8 nitrogen and oxygen atoms in total. The number of fused-ring (bicyclic) bond motifs is 1. The molecule has 1 fully saturated rings. The van der Waals surface area contributed by atoms with Crippen LogP contribution in [0.3, 0.4) is 0 Å². The quantitative estimate of drug-likeness (QED) is 0.542. The summed E-state index contributed by atoms with van der Waals surface area (Å²) in [4.78, 5) is 32.9. The fraction of sp³-hybridized carbons (Fsp3) is 0.250. The molecule has 0 bridgehead atoms. The highest BCUT2D eigenvalue weighted by Crippen LogP contribution is 2.23. The maximum absolute atomic E-state index is 13.2. The van der Waals surface area contributed by atoms with Gasteiger partial charge in [0.2, 0.25) is 0 Å². The molecule has 1 N–H and O–H groups in total. The number of aromatic nitrogens is 4. The van der Waals surface area contributed by atoms with Gasteiger partial charge in [-0.05, 0) is 31.0 Å². The van der Waals surface area contributed by atoms with Crippen molar-refractivity contribution in [2.45, 2.75) is 13.8 Å². The van der Waals surface area contributed by atoms with Crippen molar-refractivity contribution in [3.63, 3.8) is 0 Å². The Morgan fingerprint density at radius 2 is 1.75 bits per heavy atom. The van der Waals surface area contributed by atoms with E-state index in [9.17, 15) is 9.59 Å². The Balaban J connectivity index is 1.37. The molecule has 1 saturated heterocycles. The van der Waals surface area contributed by atoms with Gasteiger partial charge in [-0.15, -0.1) is 5.10 Å². The fourth-order valence-corrected chi connectivity index (χ4v) is 4.30. The number of nitrogens with zero attached hydrogens (tertiary/aromatic N) is 5. The molecule has 0 radical (unpaired) electrons. The summed E-state index contributed by atoms with van der Waals surface area (Å²) in [5.41, 5.74) is 5.02. The summed E-state index contributed by atoms with van der Waals surface area (Å²) in [5.74, 6) is -0.266. The van der Waals surface area contributed by atoms with E-state index in [1.807, 2.05) is 30.3 Å². The molecule has 1 aliphatic rings. The van der Waals surface area contributed by atoms with Crippen LogP contribution in [0.2, 0.25) is 0 Å². The van der Waals surface area contributed by atoms with Crippen LogP contribution in [0.5, 0.6) is 0 Å². The molecular formula is C24H24N6O2. The molecule has 1 aliphatic heterocycles. The zero-order chi connectivity index (χ0) is 22.2. The average molecular weight is 428 g/mol. The number of piperazine rings is 1. The number of nitrogens with one attached hydrogen (secondary N) is 1. The lowest BCUT2D eigenvalue weighted by Crippen LogP contribution is -2.49. The normalized spacial score (nSPS) is 14.2. The molecule has 162 valence electrons. The van der Waals surface area contributed by atoms with Crippen molar-refractivity contribution in [1.82, 2.24) is 24.7 Å². The number of aromatic amines is 1. The van der Waals surface area contributed by atoms with E-state index in [0.29, 0.717) is 18.8 Å². The number of hydrogen-bond donors (Lipinski definition) is 1. The van der Waals surface area contributed by atoms with Gasteiger partial charge in [-0.25, -0.2) is 4.52 Å². The van der Waals surface area contributed by atoms with Crippen LogP contribution in [0.25, 0.3) is 16.8 Å². The van der Waals surface area contributed by atoms with Gasteiger partial charge in [-0.2, -0.15) is 0 Å². The van der Waals surface area contributed by atoms with Crippen LogP contribution >= 0.6 is 0 Å². The molecule has 1 amide bonds. The molecule has 4 aromatic rings. The van der Waals surface area contributed by atoms with Crippen LogP contribution in [0.15, 0.2) is 59.5 Å². The van der Waals surface area contributed by atoms with Crippen LogP contribution in [0.1, 0.15) is 21.6 Å². The lowest BCUT2D eigenvalue weighted by Gasteiger charge is -2.36. The summed E-state index contributed by atoms with van der Waals surface area (Å²) in [7, 11) is 0. The van der Waals surface area contributed by atoms with Crippen molar-refractivity contribution >= 4 is 17.1 Å². The van der Waals surface area contributed by atoms with E-state index in [-0.39, 0.29) is 22.7 Å². The second kappa shape index (κ2) is 7.96. The largest absolute Gasteiger partial charge is 0.368 e. The van der Waals surface area contributed by atoms with Crippen LogP contribution in [0, 0.1) is 13.8 Å². The lowest BCUT2D eigenvalue weighted by atomic mass is 10.1. The Morgan fingerprint density at radius 3 is 2.47 bits per heavy atom. The number of hydrogen-bond acceptors (Lipinski definition) is 5. The summed E-state index contributed by atoms with van der Waals surface area (Å²) in [6.45, 7) is 6.77. The minimum absolute atomic E-state index is 0.0887. The van der Waals surface area contributed by atoms with Crippen molar-refractivity contribution in [3.8, 4) is 11.3 Å². The zero-order valence-electron chi connectivity index (χ0n) is 18.1. The number of carbonyl (C=O) groups excluding carboxylic acids is 1. The van der Waals surface area contributed by atoms with Gasteiger partial charge in [0.25, 0.3) is 11.5 Å². The predicted octanol–water partition coefficient (Wildman–Crippen LogP) is 2.66. The highest BCUT2D eigenvalue weighted by molar-refractivity contribution is 5.98. The van der Waals surface area contributed by atoms with Gasteiger partial charge in [0, 0.05) is 31.9 Å². The number of carbonyl (C=O) groups is 1.